The molecule has 0 aliphatic carbocycles. The number of carbonyl (C=O) groups excluding carboxylic acids is 1. The van der Waals surface area contributed by atoms with Crippen LogP contribution >= 0.6 is 0 Å². The van der Waals surface area contributed by atoms with Crippen LogP contribution in [0.25, 0.3) is 11.2 Å². The summed E-state index contributed by atoms with van der Waals surface area (Å²) in [6.07, 6.45) is 18.3. The molecule has 2 aliphatic heterocycles. The minimum absolute atomic E-state index is 0.0339. The average molecular weight is 1070 g/mol. The molecular formula is C58H66N9O9S+. The maximum atomic E-state index is 12.9. The second-order valence-electron chi connectivity index (χ2n) is 20.1. The molecule has 0 atom stereocenters. The minimum atomic E-state index is -4.42. The number of non-ortho nitro benzene ring substituents is 1. The van der Waals surface area contributed by atoms with Gasteiger partial charge < -0.3 is 35.1 Å². The molecule has 18 nitrogen and oxygen atoms in total. The second kappa shape index (κ2) is 24.4. The number of fused-ring (bicyclic) bond motifs is 3. The van der Waals surface area contributed by atoms with E-state index in [1.807, 2.05) is 68.5 Å². The lowest BCUT2D eigenvalue weighted by atomic mass is 9.81. The Morgan fingerprint density at radius 1 is 0.844 bits per heavy atom. The van der Waals surface area contributed by atoms with Crippen LogP contribution in [0.15, 0.2) is 144 Å². The third kappa shape index (κ3) is 13.6. The summed E-state index contributed by atoms with van der Waals surface area (Å²) in [6.45, 7) is 14.2. The molecule has 4 heterocycles. The van der Waals surface area contributed by atoms with Crippen molar-refractivity contribution in [3.05, 3.63) is 183 Å². The third-order valence-electron chi connectivity index (χ3n) is 13.9. The molecule has 2 aliphatic rings. The first-order valence-corrected chi connectivity index (χ1v) is 27.0. The number of nitro benzene ring substituents is 1. The molecule has 4 aromatic carbocycles. The quantitative estimate of drug-likeness (QED) is 0.0104. The molecule has 1 amide bonds. The fourth-order valence-electron chi connectivity index (χ4n) is 9.71. The van der Waals surface area contributed by atoms with Gasteiger partial charge in [-0.25, -0.2) is 4.98 Å². The highest BCUT2D eigenvalue weighted by atomic mass is 32.2. The van der Waals surface area contributed by atoms with E-state index in [2.05, 4.69) is 85.9 Å². The number of allylic oxidation sites excluding steroid dienone is 8. The summed E-state index contributed by atoms with van der Waals surface area (Å²) in [5.74, 6) is 0.365. The van der Waals surface area contributed by atoms with E-state index in [-0.39, 0.29) is 34.5 Å². The first kappa shape index (κ1) is 55.4. The molecule has 2 aromatic heterocycles. The van der Waals surface area contributed by atoms with Crippen molar-refractivity contribution in [2.75, 3.05) is 43.5 Å². The first-order valence-electron chi connectivity index (χ1n) is 25.6. The van der Waals surface area contributed by atoms with Gasteiger partial charge in [-0.15, -0.1) is 0 Å². The lowest BCUT2D eigenvalue weighted by Crippen LogP contribution is -2.29. The van der Waals surface area contributed by atoms with Crippen LogP contribution in [0.2, 0.25) is 0 Å². The van der Waals surface area contributed by atoms with E-state index >= 15 is 0 Å². The van der Waals surface area contributed by atoms with Crippen molar-refractivity contribution >= 4 is 55.9 Å². The molecule has 0 saturated heterocycles. The number of benzene rings is 4. The van der Waals surface area contributed by atoms with Crippen molar-refractivity contribution in [1.82, 2.24) is 25.3 Å². The number of nitrogens with two attached hydrogens (primary N) is 1. The Kier molecular flexibility index (Phi) is 17.6. The Hall–Kier alpha value is -7.84. The van der Waals surface area contributed by atoms with Crippen molar-refractivity contribution in [3.8, 4) is 5.88 Å². The van der Waals surface area contributed by atoms with Crippen molar-refractivity contribution in [2.45, 2.75) is 95.8 Å². The molecule has 77 heavy (non-hydrogen) atoms. The van der Waals surface area contributed by atoms with Gasteiger partial charge in [-0.3, -0.25) is 19.5 Å². The number of nitrogen functional groups attached to an aromatic ring is 1. The largest absolute Gasteiger partial charge is 0.471 e. The summed E-state index contributed by atoms with van der Waals surface area (Å²) < 4.78 is 54.3. The normalized spacial score (nSPS) is 15.4. The van der Waals surface area contributed by atoms with Gasteiger partial charge in [0.2, 0.25) is 23.4 Å². The standard InChI is InChI=1S/C58H65N9O9S/c1-40-17-27-48-46(34-40)57(2,3)51(66(48)30-31-74-32-33-75-37-42-22-24-44(25-23-42)67(69)70)15-11-8-6-7-10-14-50-58(4,5)47-35-45(77(71,72)73)26-28-49(47)65(50)29-13-9-12-16-52(68)60-36-41-18-20-43(21-19-41)38-76-55-53-54(62-39-61-53)63-56(59)64-55/h6-8,10-11,14-15,17-28,34-35,39H,9,12-13,16,29-33,36-38H2,1-5H3,(H4-,59,60,61,62,63,64,68,71,72,73)/p+1. The Morgan fingerprint density at radius 2 is 1.56 bits per heavy atom. The molecule has 0 radical (unpaired) electrons. The molecule has 0 unspecified atom stereocenters. The maximum Gasteiger partial charge on any atom is 0.294 e. The Bertz CT molecular complexity index is 3380. The number of imidazole rings is 1. The number of aryl methyl sites for hydroxylation is 1. The van der Waals surface area contributed by atoms with Crippen molar-refractivity contribution in [1.29, 1.82) is 0 Å². The zero-order chi connectivity index (χ0) is 54.7. The van der Waals surface area contributed by atoms with E-state index in [0.29, 0.717) is 75.9 Å². The van der Waals surface area contributed by atoms with Gasteiger partial charge in [-0.1, -0.05) is 86.2 Å². The van der Waals surface area contributed by atoms with E-state index in [0.717, 1.165) is 57.9 Å². The number of nitrogens with zero attached hydrogens (tertiary/aromatic N) is 6. The Balaban J connectivity index is 0.843. The molecule has 402 valence electrons. The minimum Gasteiger partial charge on any atom is -0.471 e. The number of anilines is 2. The van der Waals surface area contributed by atoms with Crippen LogP contribution in [-0.2, 0) is 55.0 Å². The van der Waals surface area contributed by atoms with Gasteiger partial charge in [-0.2, -0.15) is 23.0 Å². The van der Waals surface area contributed by atoms with Gasteiger partial charge in [-0.05, 0) is 92.3 Å². The SMILES string of the molecule is Cc1ccc2c(c1)C(C)(C)C(=CC=CC=CC=CC1=[N+](CCCCCC(=O)NCc3ccc(COc4nc(N)nc5nc[nH]c45)cc3)c3ccc(S(=O)(=O)O)cc3C1(C)C)N2CCOCCOCc1ccc([N+](=O)[O-])cc1. The highest BCUT2D eigenvalue weighted by Crippen LogP contribution is 2.48. The topological polar surface area (TPSA) is 241 Å². The summed E-state index contributed by atoms with van der Waals surface area (Å²) in [7, 11) is -4.42. The molecule has 5 N–H and O–H groups in total. The third-order valence-corrected chi connectivity index (χ3v) is 14.7. The van der Waals surface area contributed by atoms with Crippen molar-refractivity contribution in [3.63, 3.8) is 0 Å². The summed E-state index contributed by atoms with van der Waals surface area (Å²) in [4.78, 5) is 40.9. The highest BCUT2D eigenvalue weighted by Gasteiger charge is 2.45. The second-order valence-corrected chi connectivity index (χ2v) is 21.5. The zero-order valence-corrected chi connectivity index (χ0v) is 44.9. The smallest absolute Gasteiger partial charge is 0.294 e. The monoisotopic (exact) mass is 1060 g/mol. The molecule has 8 rings (SSSR count). The summed E-state index contributed by atoms with van der Waals surface area (Å²) >= 11 is 0. The molecule has 0 fully saturated rings. The summed E-state index contributed by atoms with van der Waals surface area (Å²) in [6, 6.07) is 25.4. The molecule has 0 bridgehead atoms. The molecule has 0 spiro atoms. The lowest BCUT2D eigenvalue weighted by Gasteiger charge is -2.27. The number of H-pyrrole nitrogens is 1. The number of ether oxygens (including phenoxy) is 3. The maximum absolute atomic E-state index is 12.9. The molecule has 19 heteroatoms. The highest BCUT2D eigenvalue weighted by molar-refractivity contribution is 7.85. The summed E-state index contributed by atoms with van der Waals surface area (Å²) in [5, 5.41) is 14.0. The van der Waals surface area contributed by atoms with Crippen LogP contribution in [0.1, 0.15) is 86.8 Å². The number of hydrogen-bond donors (Lipinski definition) is 4. The van der Waals surface area contributed by atoms with E-state index < -0.39 is 20.5 Å². The number of amides is 1. The van der Waals surface area contributed by atoms with Gasteiger partial charge in [0.25, 0.3) is 15.8 Å². The van der Waals surface area contributed by atoms with Crippen LogP contribution in [0.5, 0.6) is 5.88 Å². The zero-order valence-electron chi connectivity index (χ0n) is 44.1. The number of rotatable bonds is 25. The van der Waals surface area contributed by atoms with Crippen LogP contribution in [0, 0.1) is 17.0 Å². The van der Waals surface area contributed by atoms with Gasteiger partial charge in [0.15, 0.2) is 11.4 Å². The predicted molar refractivity (Wildman–Crippen MR) is 297 cm³/mol. The van der Waals surface area contributed by atoms with Crippen LogP contribution in [0.4, 0.5) is 23.0 Å². The number of nitro groups is 1. The van der Waals surface area contributed by atoms with Crippen molar-refractivity contribution < 1.29 is 41.5 Å². The van der Waals surface area contributed by atoms with E-state index in [4.69, 9.17) is 19.9 Å². The fraction of sp³-hybridized carbons (Fsp3) is 0.328. The number of unbranched alkanes of at least 4 members (excludes halogenated alkanes) is 2. The Labute approximate surface area is 449 Å². The Morgan fingerprint density at radius 3 is 2.32 bits per heavy atom. The van der Waals surface area contributed by atoms with Gasteiger partial charge in [0.1, 0.15) is 18.7 Å². The number of carbonyl (C=O) groups is 1. The fourth-order valence-corrected chi connectivity index (χ4v) is 10.2. The predicted octanol–water partition coefficient (Wildman–Crippen LogP) is 9.81. The van der Waals surface area contributed by atoms with Crippen LogP contribution in [0.3, 0.4) is 0 Å². The van der Waals surface area contributed by atoms with E-state index in [9.17, 15) is 27.9 Å². The summed E-state index contributed by atoms with van der Waals surface area (Å²) in [5.41, 5.74) is 16.1. The van der Waals surface area contributed by atoms with Crippen molar-refractivity contribution in [2.24, 2.45) is 0 Å². The number of hydrogen-bond acceptors (Lipinski definition) is 13. The average Bonchev–Trinajstić information content (AvgIpc) is 4.24. The van der Waals surface area contributed by atoms with Gasteiger partial charge in [0.05, 0.1) is 48.0 Å². The number of nitrogens with one attached hydrogen (secondary N) is 2. The number of aromatic nitrogens is 4. The van der Waals surface area contributed by atoms with Gasteiger partial charge in [0, 0.05) is 72.6 Å². The van der Waals surface area contributed by atoms with E-state index in [1.165, 1.54) is 35.7 Å². The van der Waals surface area contributed by atoms with E-state index in [1.54, 1.807) is 24.3 Å². The van der Waals surface area contributed by atoms with Gasteiger partial charge >= 0.3 is 0 Å². The number of aromatic amines is 1. The lowest BCUT2D eigenvalue weighted by molar-refractivity contribution is -0.438. The van der Waals surface area contributed by atoms with Crippen LogP contribution in [-0.4, -0.2) is 86.9 Å². The first-order chi connectivity index (χ1) is 36.9. The molecular weight excluding hydrogens is 999 g/mol. The van der Waals surface area contributed by atoms with Crippen LogP contribution < -0.4 is 20.7 Å². The molecule has 0 saturated carbocycles. The molecule has 6 aromatic rings.